The quantitative estimate of drug-likeness (QED) is 0.378. The summed E-state index contributed by atoms with van der Waals surface area (Å²) in [5.74, 6) is -3.31. The van der Waals surface area contributed by atoms with Crippen LogP contribution in [0.1, 0.15) is 48.4 Å². The summed E-state index contributed by atoms with van der Waals surface area (Å²) < 4.78 is 28.9. The summed E-state index contributed by atoms with van der Waals surface area (Å²) in [6, 6.07) is 15.8. The van der Waals surface area contributed by atoms with Crippen molar-refractivity contribution in [1.29, 1.82) is 0 Å². The molecule has 0 unspecified atom stereocenters. The van der Waals surface area contributed by atoms with Crippen LogP contribution in [0.5, 0.6) is 0 Å². The third kappa shape index (κ3) is 5.02. The zero-order valence-corrected chi connectivity index (χ0v) is 19.1. The zero-order chi connectivity index (χ0) is 24.2. The third-order valence-electron chi connectivity index (χ3n) is 6.33. The van der Waals surface area contributed by atoms with Crippen LogP contribution < -0.4 is 16.0 Å². The van der Waals surface area contributed by atoms with Gasteiger partial charge in [0, 0.05) is 30.9 Å². The van der Waals surface area contributed by atoms with Crippen LogP contribution in [0.2, 0.25) is 0 Å². The lowest BCUT2D eigenvalue weighted by atomic mass is 9.92. The summed E-state index contributed by atoms with van der Waals surface area (Å²) in [6.07, 6.45) is 1.73. The predicted molar refractivity (Wildman–Crippen MR) is 128 cm³/mol. The number of fused-ring (bicyclic) bond motifs is 1. The van der Waals surface area contributed by atoms with Crippen LogP contribution in [-0.2, 0) is 4.79 Å². The summed E-state index contributed by atoms with van der Waals surface area (Å²) in [5, 5.41) is 19.7. The average Bonchev–Trinajstić information content (AvgIpc) is 2.84. The molecule has 2 heterocycles. The molecule has 0 amide bonds. The van der Waals surface area contributed by atoms with Gasteiger partial charge in [-0.3, -0.25) is 4.79 Å². The Labute approximate surface area is 197 Å². The minimum absolute atomic E-state index is 0.0174. The van der Waals surface area contributed by atoms with Gasteiger partial charge in [0.25, 0.3) is 0 Å². The number of carbonyl (C=O) groups is 1. The molecule has 4 N–H and O–H groups in total. The minimum Gasteiger partial charge on any atom is -0.481 e. The number of aromatic nitrogens is 1. The molecule has 4 atom stereocenters. The van der Waals surface area contributed by atoms with Crippen molar-refractivity contribution < 1.29 is 18.7 Å². The minimum atomic E-state index is -1.16. The maximum absolute atomic E-state index is 14.7. The molecule has 4 rings (SSSR count). The van der Waals surface area contributed by atoms with Crippen LogP contribution >= 0.6 is 0 Å². The van der Waals surface area contributed by atoms with E-state index < -0.39 is 23.5 Å². The zero-order valence-electron chi connectivity index (χ0n) is 19.1. The van der Waals surface area contributed by atoms with Gasteiger partial charge in [-0.15, -0.1) is 0 Å². The number of carboxylic acid groups (broad SMARTS) is 1. The molecule has 0 bridgehead atoms. The van der Waals surface area contributed by atoms with Crippen molar-refractivity contribution in [3.05, 3.63) is 89.1 Å². The molecule has 0 saturated heterocycles. The molecular formula is C26H28F2N4O2. The summed E-state index contributed by atoms with van der Waals surface area (Å²) in [6.45, 7) is 4.29. The number of carboxylic acids is 1. The molecule has 1 aliphatic rings. The first-order chi connectivity index (χ1) is 16.3. The lowest BCUT2D eigenvalue weighted by Gasteiger charge is -2.35. The van der Waals surface area contributed by atoms with Gasteiger partial charge in [0.05, 0.1) is 23.7 Å². The first-order valence-corrected chi connectivity index (χ1v) is 11.3. The molecule has 0 fully saturated rings. The van der Waals surface area contributed by atoms with Crippen molar-refractivity contribution >= 4 is 17.5 Å². The van der Waals surface area contributed by atoms with Gasteiger partial charge in [0.15, 0.2) is 0 Å². The van der Waals surface area contributed by atoms with Gasteiger partial charge in [-0.1, -0.05) is 37.3 Å². The number of rotatable bonds is 8. The van der Waals surface area contributed by atoms with Gasteiger partial charge in [-0.25, -0.2) is 13.8 Å². The number of nitrogens with zero attached hydrogens (tertiary/aromatic N) is 1. The Balaban J connectivity index is 1.55. The fourth-order valence-electron chi connectivity index (χ4n) is 4.30. The summed E-state index contributed by atoms with van der Waals surface area (Å²) in [7, 11) is 0. The maximum Gasteiger partial charge on any atom is 0.310 e. The Morgan fingerprint density at radius 2 is 1.85 bits per heavy atom. The van der Waals surface area contributed by atoms with Crippen molar-refractivity contribution in [2.24, 2.45) is 0 Å². The number of aliphatic carboxylic acids is 1. The average molecular weight is 467 g/mol. The highest BCUT2D eigenvalue weighted by Gasteiger charge is 2.28. The number of anilines is 2. The van der Waals surface area contributed by atoms with Gasteiger partial charge in [0.1, 0.15) is 17.5 Å². The van der Waals surface area contributed by atoms with E-state index in [1.54, 1.807) is 6.20 Å². The van der Waals surface area contributed by atoms with Gasteiger partial charge < -0.3 is 21.1 Å². The molecule has 3 aromatic rings. The Bertz CT molecular complexity index is 1160. The number of pyridine rings is 1. The number of hydrogen-bond acceptors (Lipinski definition) is 5. The van der Waals surface area contributed by atoms with E-state index in [-0.39, 0.29) is 29.1 Å². The first kappa shape index (κ1) is 23.6. The second-order valence-corrected chi connectivity index (χ2v) is 8.68. The topological polar surface area (TPSA) is 86.3 Å². The molecule has 2 aromatic carbocycles. The standard InChI is InChI=1S/C26H28F2N4O2/c1-15(18-11-19(16(2)26(33)34)21(28)12-20(18)27)13-31-24(17-7-4-3-5-8-17)23-14-30-22-9-6-10-29-25(22)32-23/h3-12,15-16,23-24,30-31H,13-14H2,1-2H3,(H,29,32)(H,33,34)/t15-,16-,23-,24-/m1/s1. The molecule has 178 valence electrons. The lowest BCUT2D eigenvalue weighted by Crippen LogP contribution is -2.45. The Morgan fingerprint density at radius 1 is 1.12 bits per heavy atom. The molecule has 0 saturated carbocycles. The van der Waals surface area contributed by atoms with E-state index in [1.807, 2.05) is 49.4 Å². The van der Waals surface area contributed by atoms with E-state index in [1.165, 1.54) is 13.0 Å². The normalized spacial score (nSPS) is 17.6. The molecule has 0 aliphatic carbocycles. The fraction of sp³-hybridized carbons (Fsp3) is 0.308. The van der Waals surface area contributed by atoms with Crippen LogP contribution in [0.25, 0.3) is 0 Å². The van der Waals surface area contributed by atoms with E-state index >= 15 is 0 Å². The Morgan fingerprint density at radius 3 is 2.59 bits per heavy atom. The predicted octanol–water partition coefficient (Wildman–Crippen LogP) is 4.89. The largest absolute Gasteiger partial charge is 0.481 e. The first-order valence-electron chi connectivity index (χ1n) is 11.3. The maximum atomic E-state index is 14.7. The molecule has 1 aliphatic heterocycles. The van der Waals surface area contributed by atoms with Crippen LogP contribution in [0.3, 0.4) is 0 Å². The van der Waals surface area contributed by atoms with Gasteiger partial charge in [0.2, 0.25) is 0 Å². The van der Waals surface area contributed by atoms with Crippen molar-refractivity contribution in [2.45, 2.75) is 37.8 Å². The van der Waals surface area contributed by atoms with Crippen LogP contribution in [-0.4, -0.2) is 35.2 Å². The Hall–Kier alpha value is -3.52. The molecule has 34 heavy (non-hydrogen) atoms. The second kappa shape index (κ2) is 10.2. The third-order valence-corrected chi connectivity index (χ3v) is 6.33. The molecule has 0 radical (unpaired) electrons. The molecule has 1 aromatic heterocycles. The van der Waals surface area contributed by atoms with E-state index in [0.29, 0.717) is 13.1 Å². The van der Waals surface area contributed by atoms with Crippen LogP contribution in [0.15, 0.2) is 60.8 Å². The summed E-state index contributed by atoms with van der Waals surface area (Å²) >= 11 is 0. The van der Waals surface area contributed by atoms with Gasteiger partial charge in [-0.05, 0) is 42.2 Å². The van der Waals surface area contributed by atoms with E-state index in [4.69, 9.17) is 0 Å². The highest BCUT2D eigenvalue weighted by molar-refractivity contribution is 5.75. The van der Waals surface area contributed by atoms with Gasteiger partial charge in [-0.2, -0.15) is 0 Å². The smallest absolute Gasteiger partial charge is 0.310 e. The monoisotopic (exact) mass is 466 g/mol. The second-order valence-electron chi connectivity index (χ2n) is 8.68. The van der Waals surface area contributed by atoms with E-state index in [9.17, 15) is 18.7 Å². The summed E-state index contributed by atoms with van der Waals surface area (Å²) in [4.78, 5) is 15.8. The number of halogens is 2. The van der Waals surface area contributed by atoms with Crippen molar-refractivity contribution in [1.82, 2.24) is 10.3 Å². The lowest BCUT2D eigenvalue weighted by molar-refractivity contribution is -0.138. The summed E-state index contributed by atoms with van der Waals surface area (Å²) in [5.41, 5.74) is 2.27. The number of benzene rings is 2. The highest BCUT2D eigenvalue weighted by Crippen LogP contribution is 2.30. The fourth-order valence-corrected chi connectivity index (χ4v) is 4.30. The number of hydrogen-bond donors (Lipinski definition) is 4. The van der Waals surface area contributed by atoms with Gasteiger partial charge >= 0.3 is 5.97 Å². The highest BCUT2D eigenvalue weighted by atomic mass is 19.1. The molecule has 6 nitrogen and oxygen atoms in total. The molecule has 8 heteroatoms. The number of nitrogens with one attached hydrogen (secondary N) is 3. The van der Waals surface area contributed by atoms with Crippen LogP contribution in [0.4, 0.5) is 20.3 Å². The van der Waals surface area contributed by atoms with Crippen molar-refractivity contribution in [2.75, 3.05) is 23.7 Å². The molecule has 0 spiro atoms. The Kier molecular flexibility index (Phi) is 7.07. The molecular weight excluding hydrogens is 438 g/mol. The van der Waals surface area contributed by atoms with E-state index in [0.717, 1.165) is 23.1 Å². The van der Waals surface area contributed by atoms with Crippen molar-refractivity contribution in [3.8, 4) is 0 Å². The SMILES string of the molecule is C[C@H](CN[C@H](c1ccccc1)[C@H]1CNc2cccnc2N1)c1cc([C@@H](C)C(=O)O)c(F)cc1F. The van der Waals surface area contributed by atoms with Crippen molar-refractivity contribution in [3.63, 3.8) is 0 Å². The van der Waals surface area contributed by atoms with E-state index in [2.05, 4.69) is 20.9 Å². The van der Waals surface area contributed by atoms with Crippen LogP contribution in [0, 0.1) is 11.6 Å².